The average Bonchev–Trinajstić information content (AvgIpc) is 2.86. The van der Waals surface area contributed by atoms with Crippen LogP contribution in [0.5, 0.6) is 0 Å². The fourth-order valence-electron chi connectivity index (χ4n) is 3.77. The van der Waals surface area contributed by atoms with E-state index in [4.69, 9.17) is 0 Å². The molecule has 118 valence electrons. The van der Waals surface area contributed by atoms with Crippen LogP contribution >= 0.6 is 0 Å². The molecule has 1 aliphatic heterocycles. The summed E-state index contributed by atoms with van der Waals surface area (Å²) in [5, 5.41) is 13.0. The number of hydrogen-bond donors (Lipinski definition) is 2. The summed E-state index contributed by atoms with van der Waals surface area (Å²) in [5.74, 6) is 0.554. The maximum atomic E-state index is 9.26. The zero-order valence-electron chi connectivity index (χ0n) is 13.7. The van der Waals surface area contributed by atoms with E-state index in [1.807, 2.05) is 0 Å². The van der Waals surface area contributed by atoms with Crippen LogP contribution in [-0.2, 0) is 0 Å². The Bertz CT molecular complexity index is 284. The lowest BCUT2D eigenvalue weighted by Gasteiger charge is -2.40. The molecule has 2 rings (SSSR count). The molecule has 1 aliphatic carbocycles. The van der Waals surface area contributed by atoms with Crippen LogP contribution in [0.15, 0.2) is 0 Å². The Morgan fingerprint density at radius 3 is 2.25 bits per heavy atom. The number of nitrogens with one attached hydrogen (secondary N) is 1. The molecule has 0 amide bonds. The molecule has 1 saturated heterocycles. The van der Waals surface area contributed by atoms with Crippen molar-refractivity contribution in [2.75, 3.05) is 32.8 Å². The maximum absolute atomic E-state index is 9.26. The predicted octanol–water partition coefficient (Wildman–Crippen LogP) is 2.64. The van der Waals surface area contributed by atoms with Crippen LogP contribution < -0.4 is 5.32 Å². The molecular formula is C17H34N2O. The van der Waals surface area contributed by atoms with E-state index >= 15 is 0 Å². The van der Waals surface area contributed by atoms with E-state index in [2.05, 4.69) is 31.0 Å². The molecule has 0 aromatic carbocycles. The third-order valence-corrected chi connectivity index (χ3v) is 5.18. The van der Waals surface area contributed by atoms with E-state index in [9.17, 15) is 5.11 Å². The highest BCUT2D eigenvalue weighted by molar-refractivity contribution is 4.92. The van der Waals surface area contributed by atoms with Gasteiger partial charge < -0.3 is 15.3 Å². The van der Waals surface area contributed by atoms with Crippen molar-refractivity contribution in [1.82, 2.24) is 10.2 Å². The summed E-state index contributed by atoms with van der Waals surface area (Å²) < 4.78 is 0. The smallest absolute Gasteiger partial charge is 0.0460 e. The van der Waals surface area contributed by atoms with Crippen LogP contribution in [-0.4, -0.2) is 48.3 Å². The highest BCUT2D eigenvalue weighted by atomic mass is 16.3. The number of nitrogens with zero attached hydrogens (tertiary/aromatic N) is 1. The van der Waals surface area contributed by atoms with Crippen molar-refractivity contribution in [2.45, 2.75) is 64.8 Å². The van der Waals surface area contributed by atoms with Gasteiger partial charge in [0.25, 0.3) is 0 Å². The van der Waals surface area contributed by atoms with Gasteiger partial charge in [-0.1, -0.05) is 12.8 Å². The number of rotatable bonds is 5. The largest absolute Gasteiger partial charge is 0.396 e. The minimum atomic E-state index is 0.222. The van der Waals surface area contributed by atoms with E-state index < -0.39 is 0 Å². The first-order valence-corrected chi connectivity index (χ1v) is 8.51. The van der Waals surface area contributed by atoms with Gasteiger partial charge in [-0.05, 0) is 70.9 Å². The second-order valence-corrected chi connectivity index (χ2v) is 8.21. The normalized spacial score (nSPS) is 25.2. The second kappa shape index (κ2) is 6.76. The Hall–Kier alpha value is -0.120. The molecule has 0 radical (unpaired) electrons. The molecule has 20 heavy (non-hydrogen) atoms. The summed E-state index contributed by atoms with van der Waals surface area (Å²) in [7, 11) is 0. The molecule has 3 heteroatoms. The molecule has 0 aromatic heterocycles. The fraction of sp³-hybridized carbons (Fsp3) is 1.00. The molecule has 3 nitrogen and oxygen atoms in total. The van der Waals surface area contributed by atoms with Gasteiger partial charge in [0.15, 0.2) is 0 Å². The lowest BCUT2D eigenvalue weighted by molar-refractivity contribution is 0.0860. The quantitative estimate of drug-likeness (QED) is 0.814. The van der Waals surface area contributed by atoms with Crippen molar-refractivity contribution in [2.24, 2.45) is 11.3 Å². The Labute approximate surface area is 125 Å². The SMILES string of the molecule is CC(C)(C)NCC1(CN2CCC(CO)CC2)CCCC1. The number of likely N-dealkylation sites (tertiary alicyclic amines) is 1. The first-order chi connectivity index (χ1) is 9.42. The van der Waals surface area contributed by atoms with E-state index in [0.717, 1.165) is 6.54 Å². The number of piperidine rings is 1. The topological polar surface area (TPSA) is 35.5 Å². The Kier molecular flexibility index (Phi) is 5.49. The van der Waals surface area contributed by atoms with Crippen LogP contribution in [0.2, 0.25) is 0 Å². The van der Waals surface area contributed by atoms with Gasteiger partial charge in [-0.25, -0.2) is 0 Å². The van der Waals surface area contributed by atoms with Crippen molar-refractivity contribution in [3.8, 4) is 0 Å². The zero-order chi connectivity index (χ0) is 14.6. The Morgan fingerprint density at radius 1 is 1.15 bits per heavy atom. The lowest BCUT2D eigenvalue weighted by Crippen LogP contribution is -2.49. The minimum Gasteiger partial charge on any atom is -0.396 e. The molecular weight excluding hydrogens is 248 g/mol. The van der Waals surface area contributed by atoms with Crippen LogP contribution in [0.3, 0.4) is 0 Å². The summed E-state index contributed by atoms with van der Waals surface area (Å²) in [6, 6.07) is 0. The van der Waals surface area contributed by atoms with Gasteiger partial charge in [-0.15, -0.1) is 0 Å². The third-order valence-electron chi connectivity index (χ3n) is 5.18. The van der Waals surface area contributed by atoms with E-state index in [0.29, 0.717) is 17.9 Å². The van der Waals surface area contributed by atoms with Gasteiger partial charge in [0, 0.05) is 25.2 Å². The lowest BCUT2D eigenvalue weighted by atomic mass is 9.83. The van der Waals surface area contributed by atoms with Gasteiger partial charge in [-0.2, -0.15) is 0 Å². The van der Waals surface area contributed by atoms with Crippen molar-refractivity contribution in [1.29, 1.82) is 0 Å². The molecule has 0 bridgehead atoms. The first kappa shape index (κ1) is 16.3. The summed E-state index contributed by atoms with van der Waals surface area (Å²) >= 11 is 0. The van der Waals surface area contributed by atoms with Crippen molar-refractivity contribution in [3.05, 3.63) is 0 Å². The Balaban J connectivity index is 1.86. The molecule has 0 spiro atoms. The molecule has 0 atom stereocenters. The minimum absolute atomic E-state index is 0.222. The monoisotopic (exact) mass is 282 g/mol. The van der Waals surface area contributed by atoms with Crippen LogP contribution in [0.25, 0.3) is 0 Å². The molecule has 0 unspecified atom stereocenters. The van der Waals surface area contributed by atoms with E-state index in [1.54, 1.807) is 0 Å². The highest BCUT2D eigenvalue weighted by Gasteiger charge is 2.36. The standard InChI is InChI=1S/C17H34N2O/c1-16(2,3)18-13-17(8-4-5-9-17)14-19-10-6-15(12-20)7-11-19/h15,18,20H,4-14H2,1-3H3. The predicted molar refractivity (Wildman–Crippen MR) is 84.9 cm³/mol. The van der Waals surface area contributed by atoms with Crippen molar-refractivity contribution >= 4 is 0 Å². The first-order valence-electron chi connectivity index (χ1n) is 8.51. The summed E-state index contributed by atoms with van der Waals surface area (Å²) in [5.41, 5.74) is 0.721. The molecule has 1 saturated carbocycles. The van der Waals surface area contributed by atoms with E-state index in [-0.39, 0.29) is 5.54 Å². The second-order valence-electron chi connectivity index (χ2n) is 8.21. The summed E-state index contributed by atoms with van der Waals surface area (Å²) in [4.78, 5) is 2.65. The van der Waals surface area contributed by atoms with Gasteiger partial charge in [-0.3, -0.25) is 0 Å². The Morgan fingerprint density at radius 2 is 1.75 bits per heavy atom. The van der Waals surface area contributed by atoms with Gasteiger partial charge in [0.1, 0.15) is 0 Å². The third kappa shape index (κ3) is 4.71. The van der Waals surface area contributed by atoms with Crippen LogP contribution in [0.1, 0.15) is 59.3 Å². The van der Waals surface area contributed by atoms with Crippen molar-refractivity contribution in [3.63, 3.8) is 0 Å². The summed E-state index contributed by atoms with van der Waals surface area (Å²) in [6.45, 7) is 12.0. The van der Waals surface area contributed by atoms with Crippen LogP contribution in [0, 0.1) is 11.3 Å². The van der Waals surface area contributed by atoms with Gasteiger partial charge >= 0.3 is 0 Å². The fourth-order valence-corrected chi connectivity index (χ4v) is 3.77. The number of aliphatic hydroxyl groups is 1. The van der Waals surface area contributed by atoms with Crippen LogP contribution in [0.4, 0.5) is 0 Å². The molecule has 2 aliphatic rings. The van der Waals surface area contributed by atoms with Gasteiger partial charge in [0.05, 0.1) is 0 Å². The molecule has 0 aromatic rings. The van der Waals surface area contributed by atoms with E-state index in [1.165, 1.54) is 58.2 Å². The highest BCUT2D eigenvalue weighted by Crippen LogP contribution is 2.39. The molecule has 1 heterocycles. The zero-order valence-corrected chi connectivity index (χ0v) is 13.7. The number of hydrogen-bond acceptors (Lipinski definition) is 3. The maximum Gasteiger partial charge on any atom is 0.0460 e. The summed E-state index contributed by atoms with van der Waals surface area (Å²) in [6.07, 6.45) is 7.93. The number of aliphatic hydroxyl groups excluding tert-OH is 1. The molecule has 2 N–H and O–H groups in total. The average molecular weight is 282 g/mol. The molecule has 2 fully saturated rings. The van der Waals surface area contributed by atoms with Gasteiger partial charge in [0.2, 0.25) is 0 Å². The van der Waals surface area contributed by atoms with Crippen molar-refractivity contribution < 1.29 is 5.11 Å².